The van der Waals surface area contributed by atoms with Gasteiger partial charge in [-0.2, -0.15) is 5.10 Å². The molecule has 0 amide bonds. The topological polar surface area (TPSA) is 48.8 Å². The van der Waals surface area contributed by atoms with Crippen molar-refractivity contribution in [3.63, 3.8) is 0 Å². The number of hydrogen-bond donors (Lipinski definition) is 0. The Hall–Kier alpha value is -3.48. The van der Waals surface area contributed by atoms with Crippen LogP contribution in [0.2, 0.25) is 5.02 Å². The number of nitrogens with zero attached hydrogens (tertiary/aromatic N) is 3. The summed E-state index contributed by atoms with van der Waals surface area (Å²) in [5.74, 6) is 2.30. The van der Waals surface area contributed by atoms with Crippen molar-refractivity contribution < 1.29 is 14.2 Å². The standard InChI is InChI=1S/C30H32ClN3O3/c1-35-25-13-9-24(10-14-25)34-29(23-8-15-30(36-2)27(31)20-23)21-28(32-34)22-6-11-26(12-7-22)37-19-18-33-16-4-3-5-17-33/h6-15,20-21H,3-5,16-19H2,1-2H3. The van der Waals surface area contributed by atoms with E-state index in [-0.39, 0.29) is 0 Å². The number of hydrogen-bond acceptors (Lipinski definition) is 5. The lowest BCUT2D eigenvalue weighted by Crippen LogP contribution is -2.33. The summed E-state index contributed by atoms with van der Waals surface area (Å²) < 4.78 is 18.6. The summed E-state index contributed by atoms with van der Waals surface area (Å²) in [6.45, 7) is 4.04. The van der Waals surface area contributed by atoms with Gasteiger partial charge in [-0.1, -0.05) is 18.0 Å². The first-order valence-electron chi connectivity index (χ1n) is 12.7. The van der Waals surface area contributed by atoms with Crippen LogP contribution in [0.4, 0.5) is 0 Å². The lowest BCUT2D eigenvalue weighted by molar-refractivity contribution is 0.183. The van der Waals surface area contributed by atoms with Crippen molar-refractivity contribution in [2.45, 2.75) is 19.3 Å². The lowest BCUT2D eigenvalue weighted by atomic mass is 10.1. The van der Waals surface area contributed by atoms with Gasteiger partial charge in [0.05, 0.1) is 36.3 Å². The summed E-state index contributed by atoms with van der Waals surface area (Å²) in [5, 5.41) is 5.51. The van der Waals surface area contributed by atoms with E-state index >= 15 is 0 Å². The Morgan fingerprint density at radius 1 is 0.784 bits per heavy atom. The summed E-state index contributed by atoms with van der Waals surface area (Å²) in [6, 6.07) is 23.8. The van der Waals surface area contributed by atoms with Crippen molar-refractivity contribution in [2.24, 2.45) is 0 Å². The van der Waals surface area contributed by atoms with E-state index < -0.39 is 0 Å². The molecule has 1 aromatic heterocycles. The highest BCUT2D eigenvalue weighted by Crippen LogP contribution is 2.34. The largest absolute Gasteiger partial charge is 0.497 e. The molecule has 1 saturated heterocycles. The minimum Gasteiger partial charge on any atom is -0.497 e. The van der Waals surface area contributed by atoms with Crippen molar-refractivity contribution in [1.29, 1.82) is 0 Å². The molecule has 0 atom stereocenters. The molecule has 0 unspecified atom stereocenters. The Labute approximate surface area is 223 Å². The fourth-order valence-electron chi connectivity index (χ4n) is 4.67. The van der Waals surface area contributed by atoms with Gasteiger partial charge >= 0.3 is 0 Å². The number of rotatable bonds is 9. The van der Waals surface area contributed by atoms with Crippen LogP contribution in [0.5, 0.6) is 17.2 Å². The molecule has 0 bridgehead atoms. The van der Waals surface area contributed by atoms with Crippen LogP contribution >= 0.6 is 11.6 Å². The Kier molecular flexibility index (Phi) is 7.97. The van der Waals surface area contributed by atoms with Gasteiger partial charge in [0.2, 0.25) is 0 Å². The van der Waals surface area contributed by atoms with Gasteiger partial charge in [-0.05, 0) is 98.7 Å². The second-order valence-electron chi connectivity index (χ2n) is 9.15. The van der Waals surface area contributed by atoms with Gasteiger partial charge in [0, 0.05) is 17.7 Å². The highest BCUT2D eigenvalue weighted by molar-refractivity contribution is 6.32. The monoisotopic (exact) mass is 517 g/mol. The van der Waals surface area contributed by atoms with Crippen molar-refractivity contribution >= 4 is 11.6 Å². The first kappa shape index (κ1) is 25.2. The SMILES string of the molecule is COc1ccc(-n2nc(-c3ccc(OCCN4CCCCC4)cc3)cc2-c2ccc(OC)c(Cl)c2)cc1. The predicted molar refractivity (Wildman–Crippen MR) is 148 cm³/mol. The van der Waals surface area contributed by atoms with E-state index in [0.717, 1.165) is 46.2 Å². The normalized spacial score (nSPS) is 13.9. The second kappa shape index (κ2) is 11.7. The van der Waals surface area contributed by atoms with E-state index in [1.54, 1.807) is 14.2 Å². The number of halogens is 1. The highest BCUT2D eigenvalue weighted by Gasteiger charge is 2.15. The molecule has 3 aromatic carbocycles. The average Bonchev–Trinajstić information content (AvgIpc) is 3.39. The number of methoxy groups -OCH3 is 2. The van der Waals surface area contributed by atoms with E-state index in [4.69, 9.17) is 30.9 Å². The molecule has 37 heavy (non-hydrogen) atoms. The molecule has 1 fully saturated rings. The maximum absolute atomic E-state index is 6.46. The molecule has 0 N–H and O–H groups in total. The summed E-state index contributed by atoms with van der Waals surface area (Å²) in [4.78, 5) is 2.48. The van der Waals surface area contributed by atoms with E-state index in [1.165, 1.54) is 32.4 Å². The van der Waals surface area contributed by atoms with E-state index in [0.29, 0.717) is 17.4 Å². The van der Waals surface area contributed by atoms with Crippen LogP contribution in [-0.4, -0.2) is 55.1 Å². The average molecular weight is 518 g/mol. The molecule has 0 aliphatic carbocycles. The first-order valence-corrected chi connectivity index (χ1v) is 13.1. The third-order valence-electron chi connectivity index (χ3n) is 6.75. The highest BCUT2D eigenvalue weighted by atomic mass is 35.5. The van der Waals surface area contributed by atoms with Gasteiger partial charge < -0.3 is 14.2 Å². The van der Waals surface area contributed by atoms with Crippen molar-refractivity contribution in [2.75, 3.05) is 40.5 Å². The van der Waals surface area contributed by atoms with Crippen molar-refractivity contribution in [3.05, 3.63) is 77.8 Å². The Morgan fingerprint density at radius 3 is 2.16 bits per heavy atom. The minimum atomic E-state index is 0.551. The third kappa shape index (κ3) is 5.92. The second-order valence-corrected chi connectivity index (χ2v) is 9.56. The number of piperidine rings is 1. The van der Waals surface area contributed by atoms with Crippen LogP contribution in [0.3, 0.4) is 0 Å². The first-order chi connectivity index (χ1) is 18.1. The molecular weight excluding hydrogens is 486 g/mol. The van der Waals surface area contributed by atoms with Gasteiger partial charge in [0.15, 0.2) is 0 Å². The van der Waals surface area contributed by atoms with Gasteiger partial charge in [-0.3, -0.25) is 4.90 Å². The maximum atomic E-state index is 6.46. The van der Waals surface area contributed by atoms with Crippen LogP contribution in [0.1, 0.15) is 19.3 Å². The summed E-state index contributed by atoms with van der Waals surface area (Å²) in [5.41, 5.74) is 4.66. The number of ether oxygens (including phenoxy) is 3. The predicted octanol–water partition coefficient (Wildman–Crippen LogP) is 6.74. The number of likely N-dealkylation sites (tertiary alicyclic amines) is 1. The third-order valence-corrected chi connectivity index (χ3v) is 7.04. The quantitative estimate of drug-likeness (QED) is 0.246. The molecule has 5 rings (SSSR count). The molecule has 6 nitrogen and oxygen atoms in total. The Bertz CT molecular complexity index is 1310. The van der Waals surface area contributed by atoms with Crippen molar-refractivity contribution in [1.82, 2.24) is 14.7 Å². The molecule has 1 aliphatic rings. The zero-order valence-electron chi connectivity index (χ0n) is 21.3. The van der Waals surface area contributed by atoms with Crippen LogP contribution in [-0.2, 0) is 0 Å². The molecule has 2 heterocycles. The molecule has 7 heteroatoms. The molecule has 0 saturated carbocycles. The smallest absolute Gasteiger partial charge is 0.137 e. The number of benzene rings is 3. The van der Waals surface area contributed by atoms with Gasteiger partial charge in [0.1, 0.15) is 23.9 Å². The van der Waals surface area contributed by atoms with Crippen LogP contribution in [0.25, 0.3) is 28.2 Å². The van der Waals surface area contributed by atoms with Crippen LogP contribution < -0.4 is 14.2 Å². The molecule has 192 valence electrons. The fourth-order valence-corrected chi connectivity index (χ4v) is 4.93. The maximum Gasteiger partial charge on any atom is 0.137 e. The molecular formula is C30H32ClN3O3. The minimum absolute atomic E-state index is 0.551. The zero-order valence-corrected chi connectivity index (χ0v) is 22.1. The molecule has 0 radical (unpaired) electrons. The fraction of sp³-hybridized carbons (Fsp3) is 0.300. The lowest BCUT2D eigenvalue weighted by Gasteiger charge is -2.26. The summed E-state index contributed by atoms with van der Waals surface area (Å²) in [7, 11) is 3.27. The van der Waals surface area contributed by atoms with Gasteiger partial charge in [0.25, 0.3) is 0 Å². The van der Waals surface area contributed by atoms with Crippen LogP contribution in [0, 0.1) is 0 Å². The molecule has 0 spiro atoms. The summed E-state index contributed by atoms with van der Waals surface area (Å²) in [6.07, 6.45) is 3.94. The number of aromatic nitrogens is 2. The zero-order chi connectivity index (χ0) is 25.6. The molecule has 1 aliphatic heterocycles. The van der Waals surface area contributed by atoms with Crippen LogP contribution in [0.15, 0.2) is 72.8 Å². The Balaban J connectivity index is 1.40. The molecule has 4 aromatic rings. The van der Waals surface area contributed by atoms with E-state index in [9.17, 15) is 0 Å². The Morgan fingerprint density at radius 2 is 1.49 bits per heavy atom. The van der Waals surface area contributed by atoms with Gasteiger partial charge in [-0.15, -0.1) is 0 Å². The van der Waals surface area contributed by atoms with E-state index in [2.05, 4.69) is 23.1 Å². The van der Waals surface area contributed by atoms with E-state index in [1.807, 2.05) is 59.3 Å². The van der Waals surface area contributed by atoms with Crippen molar-refractivity contribution in [3.8, 4) is 45.5 Å². The summed E-state index contributed by atoms with van der Waals surface area (Å²) >= 11 is 6.46. The van der Waals surface area contributed by atoms with Gasteiger partial charge in [-0.25, -0.2) is 4.68 Å².